The van der Waals surface area contributed by atoms with Crippen LogP contribution in [0.4, 0.5) is 0 Å². The highest BCUT2D eigenvalue weighted by Crippen LogP contribution is 2.30. The molecule has 13 heavy (non-hydrogen) atoms. The number of rotatable bonds is 1. The van der Waals surface area contributed by atoms with Crippen molar-refractivity contribution in [2.24, 2.45) is 0 Å². The van der Waals surface area contributed by atoms with Crippen molar-refractivity contribution in [3.05, 3.63) is 17.4 Å². The standard InChI is InChI=1S/C9H13ClN2O/c10-9-5-6-11-12(9)7-3-1-2-4-8(7)13/h5-8,13H,1-4H2. The Labute approximate surface area is 82.3 Å². The van der Waals surface area contributed by atoms with E-state index in [4.69, 9.17) is 11.6 Å². The van der Waals surface area contributed by atoms with Gasteiger partial charge in [-0.3, -0.25) is 0 Å². The lowest BCUT2D eigenvalue weighted by atomic mass is 9.93. The molecule has 1 aromatic heterocycles. The summed E-state index contributed by atoms with van der Waals surface area (Å²) in [7, 11) is 0. The molecule has 0 radical (unpaired) electrons. The largest absolute Gasteiger partial charge is 0.391 e. The van der Waals surface area contributed by atoms with Gasteiger partial charge in [-0.05, 0) is 18.9 Å². The Morgan fingerprint density at radius 2 is 2.23 bits per heavy atom. The fourth-order valence-corrected chi connectivity index (χ4v) is 2.14. The molecule has 4 heteroatoms. The van der Waals surface area contributed by atoms with Crippen molar-refractivity contribution < 1.29 is 5.11 Å². The van der Waals surface area contributed by atoms with E-state index in [1.54, 1.807) is 16.9 Å². The zero-order valence-electron chi connectivity index (χ0n) is 7.36. The third-order valence-corrected chi connectivity index (χ3v) is 2.93. The van der Waals surface area contributed by atoms with E-state index >= 15 is 0 Å². The molecule has 0 aromatic carbocycles. The summed E-state index contributed by atoms with van der Waals surface area (Å²) in [6, 6.07) is 1.83. The summed E-state index contributed by atoms with van der Waals surface area (Å²) in [5, 5.41) is 14.5. The van der Waals surface area contributed by atoms with Crippen LogP contribution in [0.1, 0.15) is 31.7 Å². The molecule has 2 unspecified atom stereocenters. The number of aromatic nitrogens is 2. The van der Waals surface area contributed by atoms with E-state index in [2.05, 4.69) is 5.10 Å². The zero-order valence-corrected chi connectivity index (χ0v) is 8.11. The van der Waals surface area contributed by atoms with Crippen molar-refractivity contribution in [2.45, 2.75) is 37.8 Å². The summed E-state index contributed by atoms with van der Waals surface area (Å²) in [6.45, 7) is 0. The van der Waals surface area contributed by atoms with Crippen molar-refractivity contribution in [1.29, 1.82) is 0 Å². The second-order valence-electron chi connectivity index (χ2n) is 3.52. The summed E-state index contributed by atoms with van der Waals surface area (Å²) in [5.74, 6) is 0. The highest BCUT2D eigenvalue weighted by Gasteiger charge is 2.26. The average Bonchev–Trinajstić information content (AvgIpc) is 2.52. The Morgan fingerprint density at radius 1 is 1.46 bits per heavy atom. The van der Waals surface area contributed by atoms with Crippen LogP contribution < -0.4 is 0 Å². The number of nitrogens with zero attached hydrogens (tertiary/aromatic N) is 2. The van der Waals surface area contributed by atoms with Gasteiger partial charge in [-0.15, -0.1) is 0 Å². The van der Waals surface area contributed by atoms with Crippen LogP contribution in [0, 0.1) is 0 Å². The molecule has 3 nitrogen and oxygen atoms in total. The van der Waals surface area contributed by atoms with Gasteiger partial charge in [0, 0.05) is 0 Å². The van der Waals surface area contributed by atoms with E-state index in [0.29, 0.717) is 5.15 Å². The summed E-state index contributed by atoms with van der Waals surface area (Å²) in [6.07, 6.45) is 5.48. The van der Waals surface area contributed by atoms with Gasteiger partial charge in [0.05, 0.1) is 18.3 Å². The van der Waals surface area contributed by atoms with Gasteiger partial charge in [-0.2, -0.15) is 5.10 Å². The summed E-state index contributed by atoms with van der Waals surface area (Å²) in [5.41, 5.74) is 0. The van der Waals surface area contributed by atoms with E-state index in [0.717, 1.165) is 25.7 Å². The van der Waals surface area contributed by atoms with Gasteiger partial charge in [0.1, 0.15) is 5.15 Å². The molecule has 0 bridgehead atoms. The maximum atomic E-state index is 9.75. The molecular formula is C9H13ClN2O. The molecule has 2 rings (SSSR count). The van der Waals surface area contributed by atoms with Crippen molar-refractivity contribution in [2.75, 3.05) is 0 Å². The fraction of sp³-hybridized carbons (Fsp3) is 0.667. The van der Waals surface area contributed by atoms with Crippen LogP contribution in [0.15, 0.2) is 12.3 Å². The van der Waals surface area contributed by atoms with Gasteiger partial charge in [0.25, 0.3) is 0 Å². The second kappa shape index (κ2) is 3.68. The SMILES string of the molecule is OC1CCCCC1n1nccc1Cl. The first-order chi connectivity index (χ1) is 6.29. The summed E-state index contributed by atoms with van der Waals surface area (Å²) < 4.78 is 1.73. The van der Waals surface area contributed by atoms with Gasteiger partial charge in [-0.25, -0.2) is 4.68 Å². The lowest BCUT2D eigenvalue weighted by molar-refractivity contribution is 0.0696. The zero-order chi connectivity index (χ0) is 9.26. The van der Waals surface area contributed by atoms with E-state index < -0.39 is 0 Å². The molecule has 2 atom stereocenters. The number of hydrogen-bond acceptors (Lipinski definition) is 2. The van der Waals surface area contributed by atoms with E-state index in [9.17, 15) is 5.11 Å². The minimum Gasteiger partial charge on any atom is -0.391 e. The molecule has 1 aliphatic rings. The van der Waals surface area contributed by atoms with Crippen molar-refractivity contribution in [1.82, 2.24) is 9.78 Å². The monoisotopic (exact) mass is 200 g/mol. The molecular weight excluding hydrogens is 188 g/mol. The van der Waals surface area contributed by atoms with Crippen LogP contribution in [-0.4, -0.2) is 21.0 Å². The minimum absolute atomic E-state index is 0.0799. The molecule has 1 aliphatic carbocycles. The quantitative estimate of drug-likeness (QED) is 0.753. The Hall–Kier alpha value is -0.540. The first-order valence-corrected chi connectivity index (χ1v) is 5.04. The Kier molecular flexibility index (Phi) is 2.56. The van der Waals surface area contributed by atoms with Crippen molar-refractivity contribution in [3.8, 4) is 0 Å². The summed E-state index contributed by atoms with van der Waals surface area (Å²) in [4.78, 5) is 0. The molecule has 0 amide bonds. The van der Waals surface area contributed by atoms with E-state index in [1.807, 2.05) is 0 Å². The van der Waals surface area contributed by atoms with Crippen LogP contribution in [0.5, 0.6) is 0 Å². The van der Waals surface area contributed by atoms with Crippen LogP contribution in [-0.2, 0) is 0 Å². The third kappa shape index (κ3) is 1.71. The van der Waals surface area contributed by atoms with Gasteiger partial charge in [-0.1, -0.05) is 24.4 Å². The van der Waals surface area contributed by atoms with Crippen molar-refractivity contribution in [3.63, 3.8) is 0 Å². The second-order valence-corrected chi connectivity index (χ2v) is 3.90. The normalized spacial score (nSPS) is 29.1. The van der Waals surface area contributed by atoms with Crippen LogP contribution in [0.25, 0.3) is 0 Å². The van der Waals surface area contributed by atoms with Crippen LogP contribution in [0.3, 0.4) is 0 Å². The topological polar surface area (TPSA) is 38.0 Å². The van der Waals surface area contributed by atoms with Gasteiger partial charge in [0.2, 0.25) is 0 Å². The third-order valence-electron chi connectivity index (χ3n) is 2.63. The predicted octanol–water partition coefficient (Wildman–Crippen LogP) is 2.01. The highest BCUT2D eigenvalue weighted by atomic mass is 35.5. The maximum Gasteiger partial charge on any atom is 0.127 e. The number of halogens is 1. The Bertz CT molecular complexity index is 287. The van der Waals surface area contributed by atoms with Crippen molar-refractivity contribution >= 4 is 11.6 Å². The number of hydrogen-bond donors (Lipinski definition) is 1. The smallest absolute Gasteiger partial charge is 0.127 e. The molecule has 0 spiro atoms. The molecule has 1 fully saturated rings. The average molecular weight is 201 g/mol. The molecule has 0 aliphatic heterocycles. The van der Waals surface area contributed by atoms with Crippen LogP contribution >= 0.6 is 11.6 Å². The van der Waals surface area contributed by atoms with Crippen LogP contribution in [0.2, 0.25) is 5.15 Å². The lowest BCUT2D eigenvalue weighted by Crippen LogP contribution is -2.28. The molecule has 1 heterocycles. The van der Waals surface area contributed by atoms with E-state index in [1.165, 1.54) is 0 Å². The van der Waals surface area contributed by atoms with E-state index in [-0.39, 0.29) is 12.1 Å². The minimum atomic E-state index is -0.286. The maximum absolute atomic E-state index is 9.75. The molecule has 1 N–H and O–H groups in total. The Balaban J connectivity index is 2.19. The Morgan fingerprint density at radius 3 is 2.85 bits per heavy atom. The summed E-state index contributed by atoms with van der Waals surface area (Å²) >= 11 is 5.93. The fourth-order valence-electron chi connectivity index (χ4n) is 1.92. The van der Waals surface area contributed by atoms with Gasteiger partial charge >= 0.3 is 0 Å². The molecule has 0 saturated heterocycles. The van der Waals surface area contributed by atoms with Gasteiger partial charge < -0.3 is 5.11 Å². The first kappa shape index (κ1) is 9.03. The predicted molar refractivity (Wildman–Crippen MR) is 50.7 cm³/mol. The van der Waals surface area contributed by atoms with Gasteiger partial charge in [0.15, 0.2) is 0 Å². The lowest BCUT2D eigenvalue weighted by Gasteiger charge is -2.28. The number of aliphatic hydroxyl groups is 1. The molecule has 1 saturated carbocycles. The number of aliphatic hydroxyl groups excluding tert-OH is 1. The molecule has 1 aromatic rings. The molecule has 72 valence electrons. The highest BCUT2D eigenvalue weighted by molar-refractivity contribution is 6.29. The first-order valence-electron chi connectivity index (χ1n) is 4.66.